The van der Waals surface area contributed by atoms with Gasteiger partial charge in [0.2, 0.25) is 0 Å². The molecule has 2 nitrogen and oxygen atoms in total. The second kappa shape index (κ2) is 2.61. The van der Waals surface area contributed by atoms with Gasteiger partial charge >= 0.3 is 0 Å². The van der Waals surface area contributed by atoms with Gasteiger partial charge in [-0.15, -0.1) is 0 Å². The summed E-state index contributed by atoms with van der Waals surface area (Å²) in [6, 6.07) is 9.97. The molecule has 0 atom stereocenters. The summed E-state index contributed by atoms with van der Waals surface area (Å²) in [5.41, 5.74) is 3.94. The van der Waals surface area contributed by atoms with Crippen molar-refractivity contribution in [3.63, 3.8) is 0 Å². The van der Waals surface area contributed by atoms with Crippen molar-refractivity contribution in [1.82, 2.24) is 4.98 Å². The lowest BCUT2D eigenvalue weighted by Crippen LogP contribution is -1.98. The van der Waals surface area contributed by atoms with Gasteiger partial charge in [-0.2, -0.15) is 0 Å². The second-order valence-corrected chi connectivity index (χ2v) is 3.45. The Morgan fingerprint density at radius 3 is 3.00 bits per heavy atom. The van der Waals surface area contributed by atoms with Crippen LogP contribution in [0, 0.1) is 0 Å². The summed E-state index contributed by atoms with van der Waals surface area (Å²) in [6.07, 6.45) is 1.79. The predicted octanol–water partition coefficient (Wildman–Crippen LogP) is 1.24. The van der Waals surface area contributed by atoms with Crippen LogP contribution in [0.25, 0.3) is 22.1 Å². The predicted molar refractivity (Wildman–Crippen MR) is 59.7 cm³/mol. The number of pyridine rings is 1. The molecule has 0 fully saturated rings. The number of benzene rings is 1. The monoisotopic (exact) mass is 181 g/mol. The normalized spacial score (nSPS) is 11.1. The van der Waals surface area contributed by atoms with E-state index < -0.39 is 0 Å². The average molecular weight is 181 g/mol. The Hall–Kier alpha value is -1.77. The quantitative estimate of drug-likeness (QED) is 0.487. The molecule has 0 aliphatic carbocycles. The number of fused-ring (bicyclic) bond motifs is 3. The molecule has 0 saturated carbocycles. The standard InChI is InChI=1S/C11H8BNO/c12-7-3-4-9-8(6-7)11-10(14-9)2-1-5-13-11/h1-6H,12H2. The first-order valence-electron chi connectivity index (χ1n) is 4.58. The van der Waals surface area contributed by atoms with E-state index in [1.54, 1.807) is 6.20 Å². The number of furan rings is 1. The third-order valence-electron chi connectivity index (χ3n) is 2.38. The van der Waals surface area contributed by atoms with Gasteiger partial charge in [0, 0.05) is 11.6 Å². The molecule has 0 amide bonds. The smallest absolute Gasteiger partial charge is 0.153 e. The molecule has 66 valence electrons. The Balaban J connectivity index is 2.58. The highest BCUT2D eigenvalue weighted by molar-refractivity contribution is 6.33. The molecular weight excluding hydrogens is 173 g/mol. The number of aromatic nitrogens is 1. The van der Waals surface area contributed by atoms with Crippen molar-refractivity contribution in [2.75, 3.05) is 0 Å². The van der Waals surface area contributed by atoms with Gasteiger partial charge in [0.1, 0.15) is 18.9 Å². The van der Waals surface area contributed by atoms with E-state index >= 15 is 0 Å². The summed E-state index contributed by atoms with van der Waals surface area (Å²) in [5.74, 6) is 0. The molecular formula is C11H8BNO. The Morgan fingerprint density at radius 2 is 2.07 bits per heavy atom. The van der Waals surface area contributed by atoms with Crippen LogP contribution in [0.3, 0.4) is 0 Å². The van der Waals surface area contributed by atoms with Crippen molar-refractivity contribution in [1.29, 1.82) is 0 Å². The Bertz CT molecular complexity index is 615. The second-order valence-electron chi connectivity index (χ2n) is 3.45. The lowest BCUT2D eigenvalue weighted by Gasteiger charge is -1.90. The highest BCUT2D eigenvalue weighted by Gasteiger charge is 2.06. The Labute approximate surface area is 82.0 Å². The van der Waals surface area contributed by atoms with E-state index in [0.717, 1.165) is 22.1 Å². The zero-order valence-electron chi connectivity index (χ0n) is 7.82. The molecule has 1 aromatic carbocycles. The lowest BCUT2D eigenvalue weighted by atomic mass is 9.95. The van der Waals surface area contributed by atoms with Gasteiger partial charge in [0.05, 0.1) is 0 Å². The first-order chi connectivity index (χ1) is 6.84. The van der Waals surface area contributed by atoms with Crippen molar-refractivity contribution < 1.29 is 4.42 Å². The van der Waals surface area contributed by atoms with Crippen molar-refractivity contribution in [2.45, 2.75) is 0 Å². The van der Waals surface area contributed by atoms with E-state index in [1.807, 2.05) is 24.3 Å². The molecule has 2 heterocycles. The maximum absolute atomic E-state index is 5.64. The molecule has 0 saturated heterocycles. The third kappa shape index (κ3) is 0.955. The van der Waals surface area contributed by atoms with Crippen LogP contribution >= 0.6 is 0 Å². The Kier molecular flexibility index (Phi) is 1.42. The minimum Gasteiger partial charge on any atom is -0.454 e. The van der Waals surface area contributed by atoms with Crippen molar-refractivity contribution in [3.05, 3.63) is 36.5 Å². The van der Waals surface area contributed by atoms with Gasteiger partial charge in [0.25, 0.3) is 0 Å². The molecule has 0 radical (unpaired) electrons. The van der Waals surface area contributed by atoms with Crippen LogP contribution in [0.15, 0.2) is 40.9 Å². The van der Waals surface area contributed by atoms with E-state index in [2.05, 4.69) is 18.9 Å². The maximum atomic E-state index is 5.64. The maximum Gasteiger partial charge on any atom is 0.153 e. The minimum absolute atomic E-state index is 0.855. The topological polar surface area (TPSA) is 26.0 Å². The summed E-state index contributed by atoms with van der Waals surface area (Å²) in [4.78, 5) is 4.32. The van der Waals surface area contributed by atoms with Crippen LogP contribution < -0.4 is 5.46 Å². The van der Waals surface area contributed by atoms with Crippen molar-refractivity contribution in [3.8, 4) is 0 Å². The largest absolute Gasteiger partial charge is 0.454 e. The molecule has 14 heavy (non-hydrogen) atoms. The average Bonchev–Trinajstić information content (AvgIpc) is 2.56. The van der Waals surface area contributed by atoms with E-state index in [1.165, 1.54) is 5.46 Å². The molecule has 0 spiro atoms. The summed E-state index contributed by atoms with van der Waals surface area (Å²) in [7, 11) is 2.07. The van der Waals surface area contributed by atoms with Gasteiger partial charge < -0.3 is 4.42 Å². The van der Waals surface area contributed by atoms with Crippen LogP contribution in [0.4, 0.5) is 0 Å². The van der Waals surface area contributed by atoms with Crippen LogP contribution in [0.5, 0.6) is 0 Å². The molecule has 0 unspecified atom stereocenters. The fourth-order valence-electron chi connectivity index (χ4n) is 1.71. The fourth-order valence-corrected chi connectivity index (χ4v) is 1.71. The van der Waals surface area contributed by atoms with Crippen molar-refractivity contribution in [2.24, 2.45) is 0 Å². The molecule has 0 aliphatic heterocycles. The summed E-state index contributed by atoms with van der Waals surface area (Å²) in [5, 5.41) is 1.10. The number of hydrogen-bond donors (Lipinski definition) is 0. The third-order valence-corrected chi connectivity index (χ3v) is 2.38. The van der Waals surface area contributed by atoms with Gasteiger partial charge in [-0.25, -0.2) is 0 Å². The lowest BCUT2D eigenvalue weighted by molar-refractivity contribution is 0.668. The van der Waals surface area contributed by atoms with Crippen LogP contribution in [0.2, 0.25) is 0 Å². The van der Waals surface area contributed by atoms with Crippen molar-refractivity contribution >= 4 is 35.4 Å². The van der Waals surface area contributed by atoms with Crippen LogP contribution in [0.1, 0.15) is 0 Å². The Morgan fingerprint density at radius 1 is 1.14 bits per heavy atom. The number of nitrogens with zero attached hydrogens (tertiary/aromatic N) is 1. The van der Waals surface area contributed by atoms with E-state index in [9.17, 15) is 0 Å². The summed E-state index contributed by atoms with van der Waals surface area (Å²) >= 11 is 0. The number of hydrogen-bond acceptors (Lipinski definition) is 2. The van der Waals surface area contributed by atoms with Crippen LogP contribution in [-0.4, -0.2) is 12.8 Å². The molecule has 3 rings (SSSR count). The van der Waals surface area contributed by atoms with Gasteiger partial charge in [-0.3, -0.25) is 4.98 Å². The SMILES string of the molecule is Bc1ccc2oc3cccnc3c2c1. The number of rotatable bonds is 0. The first-order valence-corrected chi connectivity index (χ1v) is 4.58. The highest BCUT2D eigenvalue weighted by Crippen LogP contribution is 2.25. The van der Waals surface area contributed by atoms with E-state index in [0.29, 0.717) is 0 Å². The zero-order valence-corrected chi connectivity index (χ0v) is 7.82. The summed E-state index contributed by atoms with van der Waals surface area (Å²) in [6.45, 7) is 0. The molecule has 3 aromatic rings. The highest BCUT2D eigenvalue weighted by atomic mass is 16.3. The molecule has 0 bridgehead atoms. The van der Waals surface area contributed by atoms with E-state index in [-0.39, 0.29) is 0 Å². The molecule has 3 heteroatoms. The van der Waals surface area contributed by atoms with Gasteiger partial charge in [-0.05, 0) is 18.2 Å². The van der Waals surface area contributed by atoms with Gasteiger partial charge in [0.15, 0.2) is 5.58 Å². The first kappa shape index (κ1) is 7.62. The van der Waals surface area contributed by atoms with Gasteiger partial charge in [-0.1, -0.05) is 17.6 Å². The zero-order chi connectivity index (χ0) is 9.54. The van der Waals surface area contributed by atoms with E-state index in [4.69, 9.17) is 4.42 Å². The molecule has 0 N–H and O–H groups in total. The van der Waals surface area contributed by atoms with Crippen LogP contribution in [-0.2, 0) is 0 Å². The fraction of sp³-hybridized carbons (Fsp3) is 0. The summed E-state index contributed by atoms with van der Waals surface area (Å²) < 4.78 is 5.64. The molecule has 2 aromatic heterocycles. The minimum atomic E-state index is 0.855. The molecule has 0 aliphatic rings.